The molecule has 5 aliphatic rings. The van der Waals surface area contributed by atoms with Gasteiger partial charge in [-0.1, -0.05) is 170 Å². The Kier molecular flexibility index (Phi) is 9.80. The van der Waals surface area contributed by atoms with Crippen molar-refractivity contribution in [1.29, 1.82) is 0 Å². The average Bonchev–Trinajstić information content (AvgIpc) is 4.11. The summed E-state index contributed by atoms with van der Waals surface area (Å²) in [6.07, 6.45) is 16.1. The van der Waals surface area contributed by atoms with Crippen LogP contribution < -0.4 is 14.7 Å². The maximum atomic E-state index is 5.76. The van der Waals surface area contributed by atoms with E-state index >= 15 is 0 Å². The number of fused-ring (bicyclic) bond motifs is 9. The summed E-state index contributed by atoms with van der Waals surface area (Å²) in [4.78, 5) is 24.3. The molecule has 10 aromatic rings. The number of hydrogen-bond acceptors (Lipinski definition) is 6. The topological polar surface area (TPSA) is 53.3 Å². The molecule has 0 spiro atoms. The quantitative estimate of drug-likeness (QED) is 0.166. The molecule has 0 fully saturated rings. The molecule has 0 unspecified atom stereocenters. The zero-order valence-electron chi connectivity index (χ0n) is 41.2. The van der Waals surface area contributed by atoms with Crippen molar-refractivity contribution in [2.45, 2.75) is 45.1 Å². The molecule has 0 bridgehead atoms. The molecule has 0 amide bonds. The Labute approximate surface area is 430 Å². The van der Waals surface area contributed by atoms with Gasteiger partial charge in [0.05, 0.1) is 34.1 Å². The molecular formula is C67H51N7. The standard InChI is InChI=1S/C67H51N7/c1-43-52(38-37-50-42-71(51-23-3-2-4-24-51)59-30-14-10-26-54(50)59)55-27-11-15-31-61(55)72(43)66-68-65(49-35-34-44-18-5-6-20-46(44)40-49)69-67(70-66)74-58-29-13-8-21-47(58)41-48-36-39-57-56-28-12-16-32-62(56)73(64(57)63(48)74)60-33-17-22-45-19-7-9-25-53(45)60/h2-14,16-30,32-33,36-40,43H,15,31,34-35,41-42H2,1H3/b50-37+,52-38+/t43-/m0/s1. The second-order valence-corrected chi connectivity index (χ2v) is 20.2. The Morgan fingerprint density at radius 2 is 1.31 bits per heavy atom. The van der Waals surface area contributed by atoms with E-state index in [0.717, 1.165) is 78.1 Å². The van der Waals surface area contributed by atoms with E-state index in [0.29, 0.717) is 11.9 Å². The average molecular weight is 954 g/mol. The molecule has 7 nitrogen and oxygen atoms in total. The lowest BCUT2D eigenvalue weighted by Crippen LogP contribution is -2.31. The SMILES string of the molecule is C[C@H]1/C(=C\C=C2/CN(c3ccccc3)c3ccccc32)C2=C(CCC=C2)N1c1nc(C2=Cc3ccccc3CC2)nc(N2c3ccccc3Cc3ccc4c5ccccc5n(-c5cccc6ccccc56)c4c32)n1. The minimum Gasteiger partial charge on any atom is -0.336 e. The van der Waals surface area contributed by atoms with Crippen LogP contribution in [0.1, 0.15) is 59.8 Å². The number of rotatable bonds is 6. The Morgan fingerprint density at radius 1 is 0.568 bits per heavy atom. The van der Waals surface area contributed by atoms with Crippen LogP contribution in [0.4, 0.5) is 34.6 Å². The van der Waals surface area contributed by atoms with E-state index < -0.39 is 0 Å². The summed E-state index contributed by atoms with van der Waals surface area (Å²) in [6, 6.07) is 66.0. The summed E-state index contributed by atoms with van der Waals surface area (Å²) in [5.41, 5.74) is 20.6. The molecule has 1 atom stereocenters. The molecular weight excluding hydrogens is 903 g/mol. The van der Waals surface area contributed by atoms with Crippen LogP contribution in [-0.4, -0.2) is 32.1 Å². The number of anilines is 6. The lowest BCUT2D eigenvalue weighted by molar-refractivity contribution is 0.757. The van der Waals surface area contributed by atoms with Gasteiger partial charge in [-0.3, -0.25) is 4.90 Å². The normalized spacial score (nSPS) is 17.8. The predicted molar refractivity (Wildman–Crippen MR) is 305 cm³/mol. The van der Waals surface area contributed by atoms with E-state index in [1.807, 2.05) is 0 Å². The van der Waals surface area contributed by atoms with Gasteiger partial charge in [-0.2, -0.15) is 15.0 Å². The molecule has 5 heterocycles. The van der Waals surface area contributed by atoms with E-state index in [1.54, 1.807) is 0 Å². The van der Waals surface area contributed by atoms with Crippen molar-refractivity contribution >= 4 is 84.4 Å². The minimum absolute atomic E-state index is 0.0489. The largest absolute Gasteiger partial charge is 0.336 e. The summed E-state index contributed by atoms with van der Waals surface area (Å²) >= 11 is 0. The highest BCUT2D eigenvalue weighted by Crippen LogP contribution is 2.51. The summed E-state index contributed by atoms with van der Waals surface area (Å²) in [6.45, 7) is 3.13. The lowest BCUT2D eigenvalue weighted by Gasteiger charge is -2.34. The van der Waals surface area contributed by atoms with Gasteiger partial charge in [-0.05, 0) is 125 Å². The number of hydrogen-bond donors (Lipinski definition) is 0. The summed E-state index contributed by atoms with van der Waals surface area (Å²) in [7, 11) is 0. The van der Waals surface area contributed by atoms with Crippen molar-refractivity contribution in [2.75, 3.05) is 21.2 Å². The molecule has 8 aromatic carbocycles. The zero-order valence-corrected chi connectivity index (χ0v) is 41.2. The highest BCUT2D eigenvalue weighted by molar-refractivity contribution is 6.16. The number of allylic oxidation sites excluding steroid dienone is 6. The third-order valence-corrected chi connectivity index (χ3v) is 16.1. The first-order chi connectivity index (χ1) is 36.6. The van der Waals surface area contributed by atoms with Crippen LogP contribution in [0.2, 0.25) is 0 Å². The number of benzene rings is 8. The highest BCUT2D eigenvalue weighted by atomic mass is 15.4. The molecule has 2 aliphatic carbocycles. The van der Waals surface area contributed by atoms with Gasteiger partial charge < -0.3 is 14.4 Å². The number of nitrogens with zero attached hydrogens (tertiary/aromatic N) is 7. The molecule has 0 radical (unpaired) electrons. The Balaban J connectivity index is 0.945. The third kappa shape index (κ3) is 6.69. The smallest absolute Gasteiger partial charge is 0.240 e. The van der Waals surface area contributed by atoms with Crippen molar-refractivity contribution in [3.05, 3.63) is 257 Å². The molecule has 2 aromatic heterocycles. The predicted octanol–water partition coefficient (Wildman–Crippen LogP) is 16.0. The first kappa shape index (κ1) is 42.6. The van der Waals surface area contributed by atoms with Gasteiger partial charge in [-0.25, -0.2) is 0 Å². The van der Waals surface area contributed by atoms with E-state index in [2.05, 4.69) is 239 Å². The van der Waals surface area contributed by atoms with Crippen LogP contribution in [0.3, 0.4) is 0 Å². The Morgan fingerprint density at radius 3 is 2.23 bits per heavy atom. The van der Waals surface area contributed by atoms with Gasteiger partial charge in [0.25, 0.3) is 0 Å². The number of aryl methyl sites for hydroxylation is 1. The van der Waals surface area contributed by atoms with E-state index in [1.165, 1.54) is 83.2 Å². The molecule has 354 valence electrons. The molecule has 0 saturated heterocycles. The maximum absolute atomic E-state index is 5.76. The van der Waals surface area contributed by atoms with E-state index in [4.69, 9.17) is 15.0 Å². The fourth-order valence-corrected chi connectivity index (χ4v) is 12.6. The van der Waals surface area contributed by atoms with Crippen LogP contribution >= 0.6 is 0 Å². The van der Waals surface area contributed by atoms with Gasteiger partial charge in [0.2, 0.25) is 11.9 Å². The monoisotopic (exact) mass is 953 g/mol. The molecule has 0 N–H and O–H groups in total. The number of para-hydroxylation sites is 4. The van der Waals surface area contributed by atoms with Gasteiger partial charge in [0, 0.05) is 51.8 Å². The minimum atomic E-state index is -0.0489. The number of aromatic nitrogens is 4. The summed E-state index contributed by atoms with van der Waals surface area (Å²) < 4.78 is 2.50. The Hall–Kier alpha value is -9.07. The van der Waals surface area contributed by atoms with Crippen LogP contribution in [0.5, 0.6) is 0 Å². The van der Waals surface area contributed by atoms with Crippen LogP contribution in [-0.2, 0) is 12.8 Å². The maximum Gasteiger partial charge on any atom is 0.240 e. The first-order valence-corrected chi connectivity index (χ1v) is 26.1. The van der Waals surface area contributed by atoms with Crippen molar-refractivity contribution in [2.24, 2.45) is 0 Å². The van der Waals surface area contributed by atoms with Crippen molar-refractivity contribution in [1.82, 2.24) is 19.5 Å². The van der Waals surface area contributed by atoms with Crippen LogP contribution in [0.25, 0.3) is 55.5 Å². The molecule has 0 saturated carbocycles. The van der Waals surface area contributed by atoms with Crippen molar-refractivity contribution < 1.29 is 0 Å². The van der Waals surface area contributed by atoms with Crippen molar-refractivity contribution in [3.63, 3.8) is 0 Å². The summed E-state index contributed by atoms with van der Waals surface area (Å²) in [5, 5.41) is 4.80. The zero-order chi connectivity index (χ0) is 48.9. The van der Waals surface area contributed by atoms with E-state index in [9.17, 15) is 0 Å². The third-order valence-electron chi connectivity index (χ3n) is 16.1. The van der Waals surface area contributed by atoms with Gasteiger partial charge >= 0.3 is 0 Å². The highest BCUT2D eigenvalue weighted by Gasteiger charge is 2.38. The second-order valence-electron chi connectivity index (χ2n) is 20.2. The molecule has 15 rings (SSSR count). The first-order valence-electron chi connectivity index (χ1n) is 26.1. The van der Waals surface area contributed by atoms with Gasteiger partial charge in [-0.15, -0.1) is 0 Å². The second kappa shape index (κ2) is 17.0. The lowest BCUT2D eigenvalue weighted by atomic mass is 9.92. The van der Waals surface area contributed by atoms with E-state index in [-0.39, 0.29) is 6.04 Å². The Bertz CT molecular complexity index is 4130. The van der Waals surface area contributed by atoms with Crippen LogP contribution in [0.15, 0.2) is 223 Å². The fourth-order valence-electron chi connectivity index (χ4n) is 12.6. The molecule has 7 heteroatoms. The van der Waals surface area contributed by atoms with Crippen molar-refractivity contribution in [3.8, 4) is 5.69 Å². The van der Waals surface area contributed by atoms with Gasteiger partial charge in [0.15, 0.2) is 5.82 Å². The molecule has 74 heavy (non-hydrogen) atoms. The summed E-state index contributed by atoms with van der Waals surface area (Å²) in [5.74, 6) is 2.00. The van der Waals surface area contributed by atoms with Crippen LogP contribution in [0, 0.1) is 0 Å². The molecule has 3 aliphatic heterocycles. The van der Waals surface area contributed by atoms with Gasteiger partial charge in [0.1, 0.15) is 0 Å². The fraction of sp³-hybridized carbons (Fsp3) is 0.119.